The van der Waals surface area contributed by atoms with Crippen LogP contribution in [0.15, 0.2) is 24.3 Å². The summed E-state index contributed by atoms with van der Waals surface area (Å²) in [7, 11) is 4.92. The van der Waals surface area contributed by atoms with Gasteiger partial charge in [-0.2, -0.15) is 0 Å². The number of methoxy groups -OCH3 is 1. The average Bonchev–Trinajstić information content (AvgIpc) is 3.17. The lowest BCUT2D eigenvalue weighted by molar-refractivity contribution is -0.324. The molecule has 0 spiro atoms. The molecule has 3 saturated heterocycles. The molecule has 0 radical (unpaired) electrons. The molecule has 0 bridgehead atoms. The van der Waals surface area contributed by atoms with Crippen molar-refractivity contribution >= 4 is 23.3 Å². The summed E-state index contributed by atoms with van der Waals surface area (Å²) < 4.78 is 42.8. The number of phenolic OH excluding ortho intramolecular Hbond substituents is 2. The molecule has 3 heterocycles. The Morgan fingerprint density at radius 3 is 2.34 bits per heavy atom. The molecule has 16 nitrogen and oxygen atoms in total. The van der Waals surface area contributed by atoms with Crippen LogP contribution in [-0.2, 0) is 42.7 Å². The largest absolute Gasteiger partial charge is 0.507 e. The smallest absolute Gasteiger partial charge is 0.316 e. The van der Waals surface area contributed by atoms with E-state index in [9.17, 15) is 39.6 Å². The average molecular weight is 812 g/mol. The Labute approximate surface area is 336 Å². The van der Waals surface area contributed by atoms with E-state index in [2.05, 4.69) is 0 Å². The maximum Gasteiger partial charge on any atom is 0.316 e. The van der Waals surface area contributed by atoms with E-state index < -0.39 is 102 Å². The molecule has 13 atom stereocenters. The van der Waals surface area contributed by atoms with E-state index in [1.54, 1.807) is 20.8 Å². The zero-order chi connectivity index (χ0) is 42.0. The molecular formula is C42H53NO15. The van der Waals surface area contributed by atoms with E-state index in [-0.39, 0.29) is 71.1 Å². The highest BCUT2D eigenvalue weighted by atomic mass is 16.7. The SMILES string of the molecule is CC[C@@]1(O)C[C@H](O[C@H]2OC[C@@H](N(C)C)[C@H](O[C@H]3C[C@H](O)[C@H](O[C@H]4CCC(=O)[C@H](C)O4)[C@H](C)O3)[C@@H]2C)c2c(cc3c(c2O)C(=O)c2c(O)cccc2C3=O)[C@H]1C(=O)OC. The lowest BCUT2D eigenvalue weighted by Gasteiger charge is -2.48. The number of ether oxygens (including phenoxy) is 7. The number of hydrogen-bond donors (Lipinski definition) is 4. The standard InChI is InChI=1S/C42H53NO15/c1-8-42(51)16-28(32-22(34(42)40(50)52-7)14-23-33(37(32)49)36(48)31-21(35(23)47)10-9-11-26(31)45)56-41-18(2)38(24(17-53-41)43(5)6)58-30-15-27(46)39(20(4)55-30)57-29-13-12-25(44)19(3)54-29/h9-11,14,18-20,24,27-30,34,38-39,41,45-46,49,51H,8,12-13,15-17H2,1-7H3/t18-,19-,20-,24+,27-,28-,29-,30-,34-,38+,39+,41+,42+/m0/s1. The molecule has 4 N–H and O–H groups in total. The fourth-order valence-corrected chi connectivity index (χ4v) is 9.21. The number of aromatic hydroxyl groups is 2. The Balaban J connectivity index is 1.18. The highest BCUT2D eigenvalue weighted by Gasteiger charge is 2.54. The van der Waals surface area contributed by atoms with Crippen molar-refractivity contribution in [2.24, 2.45) is 5.92 Å². The van der Waals surface area contributed by atoms with Gasteiger partial charge in [-0.05, 0) is 52.1 Å². The van der Waals surface area contributed by atoms with Crippen molar-refractivity contribution < 1.29 is 72.8 Å². The summed E-state index contributed by atoms with van der Waals surface area (Å²) in [5, 5.41) is 46.1. The van der Waals surface area contributed by atoms with Crippen LogP contribution in [0.2, 0.25) is 0 Å². The van der Waals surface area contributed by atoms with E-state index in [0.29, 0.717) is 12.8 Å². The number of benzene rings is 2. The minimum Gasteiger partial charge on any atom is -0.507 e. The number of carbonyl (C=O) groups is 4. The van der Waals surface area contributed by atoms with E-state index >= 15 is 0 Å². The Hall–Kier alpha value is -3.84. The predicted octanol–water partition coefficient (Wildman–Crippen LogP) is 3.02. The summed E-state index contributed by atoms with van der Waals surface area (Å²) in [5.74, 6) is -5.20. The first-order valence-electron chi connectivity index (χ1n) is 19.9. The first-order chi connectivity index (χ1) is 27.5. The van der Waals surface area contributed by atoms with Crippen LogP contribution in [-0.4, -0.2) is 137 Å². The van der Waals surface area contributed by atoms with Crippen LogP contribution in [0.25, 0.3) is 0 Å². The highest BCUT2D eigenvalue weighted by Crippen LogP contribution is 2.54. The minimum atomic E-state index is -1.78. The Morgan fingerprint density at radius 2 is 1.69 bits per heavy atom. The van der Waals surface area contributed by atoms with Gasteiger partial charge in [0.25, 0.3) is 0 Å². The summed E-state index contributed by atoms with van der Waals surface area (Å²) >= 11 is 0. The van der Waals surface area contributed by atoms with Gasteiger partial charge in [0.05, 0.1) is 60.9 Å². The van der Waals surface area contributed by atoms with Gasteiger partial charge >= 0.3 is 5.97 Å². The van der Waals surface area contributed by atoms with Gasteiger partial charge in [-0.1, -0.05) is 26.0 Å². The van der Waals surface area contributed by atoms with Crippen LogP contribution in [0.4, 0.5) is 0 Å². The molecule has 58 heavy (non-hydrogen) atoms. The molecule has 0 aromatic heterocycles. The number of nitrogens with zero attached hydrogens (tertiary/aromatic N) is 1. The predicted molar refractivity (Wildman–Crippen MR) is 201 cm³/mol. The third kappa shape index (κ3) is 7.36. The fraction of sp³-hybridized carbons (Fsp3) is 0.619. The second kappa shape index (κ2) is 16.3. The van der Waals surface area contributed by atoms with Crippen LogP contribution >= 0.6 is 0 Å². The summed E-state index contributed by atoms with van der Waals surface area (Å²) in [6, 6.07) is 5.12. The zero-order valence-corrected chi connectivity index (χ0v) is 33.7. The van der Waals surface area contributed by atoms with Gasteiger partial charge in [0.1, 0.15) is 29.6 Å². The number of likely N-dealkylation sites (N-methyl/N-ethyl adjacent to an activating group) is 1. The molecule has 0 amide bonds. The molecule has 3 fully saturated rings. The molecule has 3 aliphatic heterocycles. The molecule has 7 rings (SSSR count). The number of esters is 1. The van der Waals surface area contributed by atoms with Crippen molar-refractivity contribution in [1.29, 1.82) is 0 Å². The number of aliphatic hydroxyl groups excluding tert-OH is 1. The van der Waals surface area contributed by atoms with Crippen LogP contribution in [0.3, 0.4) is 0 Å². The Kier molecular flexibility index (Phi) is 11.9. The molecule has 2 aliphatic carbocycles. The third-order valence-corrected chi connectivity index (χ3v) is 12.5. The first-order valence-corrected chi connectivity index (χ1v) is 19.9. The normalized spacial score (nSPS) is 36.3. The van der Waals surface area contributed by atoms with Crippen LogP contribution in [0.1, 0.15) is 115 Å². The first kappa shape index (κ1) is 42.3. The van der Waals surface area contributed by atoms with Gasteiger partial charge in [-0.25, -0.2) is 0 Å². The number of phenols is 2. The quantitative estimate of drug-likeness (QED) is 0.229. The Morgan fingerprint density at radius 1 is 0.966 bits per heavy atom. The van der Waals surface area contributed by atoms with Gasteiger partial charge < -0.3 is 58.5 Å². The van der Waals surface area contributed by atoms with Gasteiger partial charge in [0.2, 0.25) is 5.78 Å². The maximum absolute atomic E-state index is 14.0. The van der Waals surface area contributed by atoms with Crippen LogP contribution in [0, 0.1) is 5.92 Å². The van der Waals surface area contributed by atoms with Crippen molar-refractivity contribution in [2.45, 2.75) is 133 Å². The molecule has 2 aromatic carbocycles. The van der Waals surface area contributed by atoms with Gasteiger partial charge in [0.15, 0.2) is 30.4 Å². The van der Waals surface area contributed by atoms with Crippen molar-refractivity contribution in [3.05, 3.63) is 57.6 Å². The second-order valence-corrected chi connectivity index (χ2v) is 16.3. The number of rotatable bonds is 9. The molecule has 0 unspecified atom stereocenters. The highest BCUT2D eigenvalue weighted by molar-refractivity contribution is 6.30. The van der Waals surface area contributed by atoms with E-state index in [4.69, 9.17) is 33.2 Å². The summed E-state index contributed by atoms with van der Waals surface area (Å²) in [6.07, 6.45) is -6.62. The van der Waals surface area contributed by atoms with Gasteiger partial charge in [-0.3, -0.25) is 19.2 Å². The Bertz CT molecular complexity index is 1940. The number of ketones is 3. The molecule has 2 aromatic rings. The van der Waals surface area contributed by atoms with E-state index in [1.807, 2.05) is 25.9 Å². The zero-order valence-electron chi connectivity index (χ0n) is 33.7. The molecular weight excluding hydrogens is 758 g/mol. The minimum absolute atomic E-state index is 0.00106. The molecule has 0 saturated carbocycles. The number of fused-ring (bicyclic) bond motifs is 3. The lowest BCUT2D eigenvalue weighted by Crippen LogP contribution is -2.59. The summed E-state index contributed by atoms with van der Waals surface area (Å²) in [6.45, 7) is 7.11. The molecule has 16 heteroatoms. The number of hydrogen-bond acceptors (Lipinski definition) is 16. The number of Topliss-reactive ketones (excluding diaryl/α,β-unsaturated/α-hetero) is 1. The number of aliphatic hydroxyl groups is 2. The van der Waals surface area contributed by atoms with Crippen LogP contribution < -0.4 is 0 Å². The van der Waals surface area contributed by atoms with Crippen molar-refractivity contribution in [2.75, 3.05) is 27.8 Å². The van der Waals surface area contributed by atoms with Crippen molar-refractivity contribution in [3.63, 3.8) is 0 Å². The summed E-state index contributed by atoms with van der Waals surface area (Å²) in [4.78, 5) is 55.1. The van der Waals surface area contributed by atoms with Gasteiger partial charge in [-0.15, -0.1) is 0 Å². The lowest BCUT2D eigenvalue weighted by atomic mass is 9.67. The number of carbonyl (C=O) groups excluding carboxylic acids is 4. The van der Waals surface area contributed by atoms with Crippen LogP contribution in [0.5, 0.6) is 11.5 Å². The van der Waals surface area contributed by atoms with Crippen molar-refractivity contribution in [1.82, 2.24) is 4.90 Å². The maximum atomic E-state index is 14.0. The topological polar surface area (TPSA) is 217 Å². The monoisotopic (exact) mass is 811 g/mol. The van der Waals surface area contributed by atoms with E-state index in [0.717, 1.165) is 0 Å². The third-order valence-electron chi connectivity index (χ3n) is 12.5. The fourth-order valence-electron chi connectivity index (χ4n) is 9.21. The van der Waals surface area contributed by atoms with E-state index in [1.165, 1.54) is 31.4 Å². The second-order valence-electron chi connectivity index (χ2n) is 16.3. The summed E-state index contributed by atoms with van der Waals surface area (Å²) in [5.41, 5.74) is -2.58. The van der Waals surface area contributed by atoms with Gasteiger partial charge in [0, 0.05) is 48.3 Å². The molecule has 316 valence electrons. The molecule has 5 aliphatic rings. The van der Waals surface area contributed by atoms with Crippen molar-refractivity contribution in [3.8, 4) is 11.5 Å².